The number of aryl methyl sites for hydroxylation is 1. The molecule has 0 saturated heterocycles. The first-order chi connectivity index (χ1) is 9.69. The number of nitrogens with zero attached hydrogens (tertiary/aromatic N) is 1. The number of halogens is 2. The Morgan fingerprint density at radius 1 is 1.25 bits per heavy atom. The first-order valence-corrected chi connectivity index (χ1v) is 7.07. The second-order valence-corrected chi connectivity index (χ2v) is 5.26. The van der Waals surface area contributed by atoms with E-state index >= 15 is 0 Å². The topological polar surface area (TPSA) is 24.9 Å². The molecule has 2 aromatic rings. The molecule has 1 aromatic carbocycles. The minimum Gasteiger partial charge on any atom is -0.317 e. The number of likely N-dealkylation sites (N-methyl/N-ethyl adjacent to an activating group) is 1. The van der Waals surface area contributed by atoms with Gasteiger partial charge in [0.2, 0.25) is 0 Å². The van der Waals surface area contributed by atoms with E-state index in [-0.39, 0.29) is 11.9 Å². The van der Waals surface area contributed by atoms with Gasteiger partial charge in [-0.3, -0.25) is 4.98 Å². The third-order valence-electron chi connectivity index (χ3n) is 3.42. The number of hydrogen-bond acceptors (Lipinski definition) is 2. The Labute approximate surface area is 124 Å². The van der Waals surface area contributed by atoms with Crippen LogP contribution >= 0.6 is 11.6 Å². The number of rotatable bonds is 6. The highest BCUT2D eigenvalue weighted by atomic mass is 35.5. The highest BCUT2D eigenvalue weighted by Crippen LogP contribution is 2.17. The van der Waals surface area contributed by atoms with Crippen molar-refractivity contribution in [2.75, 3.05) is 7.05 Å². The molecule has 0 radical (unpaired) electrons. The van der Waals surface area contributed by atoms with Crippen LogP contribution in [0.15, 0.2) is 42.7 Å². The van der Waals surface area contributed by atoms with Crippen molar-refractivity contribution in [1.29, 1.82) is 0 Å². The molecule has 20 heavy (non-hydrogen) atoms. The second kappa shape index (κ2) is 7.36. The molecule has 4 heteroatoms. The summed E-state index contributed by atoms with van der Waals surface area (Å²) in [6.45, 7) is 0. The zero-order valence-corrected chi connectivity index (χ0v) is 12.2. The van der Waals surface area contributed by atoms with Gasteiger partial charge in [0.25, 0.3) is 0 Å². The summed E-state index contributed by atoms with van der Waals surface area (Å²) in [7, 11) is 1.91. The lowest BCUT2D eigenvalue weighted by Gasteiger charge is -2.16. The van der Waals surface area contributed by atoms with Gasteiger partial charge in [0.1, 0.15) is 5.82 Å². The van der Waals surface area contributed by atoms with Crippen molar-refractivity contribution < 1.29 is 4.39 Å². The normalized spacial score (nSPS) is 12.3. The van der Waals surface area contributed by atoms with Crippen molar-refractivity contribution in [3.63, 3.8) is 0 Å². The van der Waals surface area contributed by atoms with Gasteiger partial charge >= 0.3 is 0 Å². The average molecular weight is 293 g/mol. The fraction of sp³-hybridized carbons (Fsp3) is 0.312. The Hall–Kier alpha value is -1.45. The van der Waals surface area contributed by atoms with Crippen LogP contribution in [0, 0.1) is 5.82 Å². The maximum absolute atomic E-state index is 13.8. The molecule has 0 aliphatic carbocycles. The molecule has 106 valence electrons. The maximum Gasteiger partial charge on any atom is 0.127 e. The summed E-state index contributed by atoms with van der Waals surface area (Å²) in [5.41, 5.74) is 1.94. The maximum atomic E-state index is 13.8. The standard InChI is InChI=1S/C16H18ClFN2/c1-19-15(5-2-12-6-8-20-9-7-12)10-13-3-4-14(17)11-16(13)18/h3-4,6-9,11,15,19H,2,5,10H2,1H3. The Morgan fingerprint density at radius 3 is 2.65 bits per heavy atom. The molecule has 1 heterocycles. The summed E-state index contributed by atoms with van der Waals surface area (Å²) in [5.74, 6) is -0.235. The number of benzene rings is 1. The molecule has 2 rings (SSSR count). The predicted octanol–water partition coefficient (Wildman–Crippen LogP) is 3.64. The molecule has 0 spiro atoms. The van der Waals surface area contributed by atoms with Crippen LogP contribution < -0.4 is 5.32 Å². The summed E-state index contributed by atoms with van der Waals surface area (Å²) >= 11 is 5.77. The Bertz CT molecular complexity index is 545. The zero-order chi connectivity index (χ0) is 14.4. The molecule has 1 aromatic heterocycles. The first kappa shape index (κ1) is 14.9. The van der Waals surface area contributed by atoms with E-state index in [2.05, 4.69) is 10.3 Å². The van der Waals surface area contributed by atoms with E-state index in [0.29, 0.717) is 17.0 Å². The molecular formula is C16H18ClFN2. The van der Waals surface area contributed by atoms with E-state index in [1.54, 1.807) is 24.5 Å². The van der Waals surface area contributed by atoms with Crippen LogP contribution in [0.4, 0.5) is 4.39 Å². The lowest BCUT2D eigenvalue weighted by molar-refractivity contribution is 0.504. The minimum atomic E-state index is -0.235. The van der Waals surface area contributed by atoms with Gasteiger partial charge in [0.05, 0.1) is 0 Å². The van der Waals surface area contributed by atoms with Gasteiger partial charge < -0.3 is 5.32 Å². The van der Waals surface area contributed by atoms with Gasteiger partial charge in [-0.05, 0) is 61.7 Å². The van der Waals surface area contributed by atoms with Crippen LogP contribution in [0.2, 0.25) is 5.02 Å². The summed E-state index contributed by atoms with van der Waals surface area (Å²) in [6.07, 6.45) is 6.14. The predicted molar refractivity (Wildman–Crippen MR) is 80.5 cm³/mol. The monoisotopic (exact) mass is 292 g/mol. The summed E-state index contributed by atoms with van der Waals surface area (Å²) in [4.78, 5) is 4.00. The second-order valence-electron chi connectivity index (χ2n) is 4.82. The quantitative estimate of drug-likeness (QED) is 0.879. The molecule has 0 bridgehead atoms. The molecule has 0 aliphatic heterocycles. The van der Waals surface area contributed by atoms with E-state index in [1.165, 1.54) is 11.6 Å². The van der Waals surface area contributed by atoms with Gasteiger partial charge in [-0.15, -0.1) is 0 Å². The van der Waals surface area contributed by atoms with Crippen molar-refractivity contribution in [1.82, 2.24) is 10.3 Å². The fourth-order valence-electron chi connectivity index (χ4n) is 2.19. The highest BCUT2D eigenvalue weighted by molar-refractivity contribution is 6.30. The highest BCUT2D eigenvalue weighted by Gasteiger charge is 2.11. The molecule has 2 nitrogen and oxygen atoms in total. The van der Waals surface area contributed by atoms with Crippen molar-refractivity contribution in [2.24, 2.45) is 0 Å². The van der Waals surface area contributed by atoms with E-state index in [0.717, 1.165) is 12.8 Å². The molecule has 0 aliphatic rings. The molecule has 0 amide bonds. The van der Waals surface area contributed by atoms with Crippen LogP contribution in [0.5, 0.6) is 0 Å². The van der Waals surface area contributed by atoms with Crippen LogP contribution in [0.25, 0.3) is 0 Å². The lowest BCUT2D eigenvalue weighted by atomic mass is 9.99. The lowest BCUT2D eigenvalue weighted by Crippen LogP contribution is -2.28. The zero-order valence-electron chi connectivity index (χ0n) is 11.4. The Balaban J connectivity index is 1.95. The van der Waals surface area contributed by atoms with Gasteiger partial charge in [-0.2, -0.15) is 0 Å². The number of nitrogens with one attached hydrogen (secondary N) is 1. The molecule has 1 atom stereocenters. The van der Waals surface area contributed by atoms with Gasteiger partial charge in [-0.25, -0.2) is 4.39 Å². The van der Waals surface area contributed by atoms with Crippen molar-refractivity contribution in [3.8, 4) is 0 Å². The van der Waals surface area contributed by atoms with E-state index in [4.69, 9.17) is 11.6 Å². The Kier molecular flexibility index (Phi) is 5.50. The van der Waals surface area contributed by atoms with E-state index < -0.39 is 0 Å². The van der Waals surface area contributed by atoms with E-state index in [9.17, 15) is 4.39 Å². The van der Waals surface area contributed by atoms with Crippen LogP contribution in [-0.2, 0) is 12.8 Å². The van der Waals surface area contributed by atoms with Crippen molar-refractivity contribution in [2.45, 2.75) is 25.3 Å². The summed E-state index contributed by atoms with van der Waals surface area (Å²) < 4.78 is 13.8. The number of hydrogen-bond donors (Lipinski definition) is 1. The molecule has 1 unspecified atom stereocenters. The Morgan fingerprint density at radius 2 is 2.00 bits per heavy atom. The average Bonchev–Trinajstić information content (AvgIpc) is 2.46. The van der Waals surface area contributed by atoms with E-state index in [1.807, 2.05) is 19.2 Å². The largest absolute Gasteiger partial charge is 0.317 e. The summed E-state index contributed by atoms with van der Waals surface area (Å²) in [6, 6.07) is 9.11. The SMILES string of the molecule is CNC(CCc1ccncc1)Cc1ccc(Cl)cc1F. The van der Waals surface area contributed by atoms with Crippen molar-refractivity contribution >= 4 is 11.6 Å². The molecule has 0 fully saturated rings. The molecular weight excluding hydrogens is 275 g/mol. The fourth-order valence-corrected chi connectivity index (χ4v) is 2.35. The third-order valence-corrected chi connectivity index (χ3v) is 3.66. The van der Waals surface area contributed by atoms with Gasteiger partial charge in [0, 0.05) is 23.5 Å². The smallest absolute Gasteiger partial charge is 0.127 e. The van der Waals surface area contributed by atoms with Crippen molar-refractivity contribution in [3.05, 3.63) is 64.7 Å². The number of pyridine rings is 1. The van der Waals surface area contributed by atoms with Gasteiger partial charge in [-0.1, -0.05) is 17.7 Å². The summed E-state index contributed by atoms with van der Waals surface area (Å²) in [5, 5.41) is 3.68. The van der Waals surface area contributed by atoms with Gasteiger partial charge in [0.15, 0.2) is 0 Å². The van der Waals surface area contributed by atoms with Crippen LogP contribution in [-0.4, -0.2) is 18.1 Å². The number of aromatic nitrogens is 1. The van der Waals surface area contributed by atoms with Crippen LogP contribution in [0.1, 0.15) is 17.5 Å². The minimum absolute atomic E-state index is 0.235. The first-order valence-electron chi connectivity index (χ1n) is 6.69. The third kappa shape index (κ3) is 4.29. The molecule has 0 saturated carbocycles. The molecule has 1 N–H and O–H groups in total. The van der Waals surface area contributed by atoms with Crippen LogP contribution in [0.3, 0.4) is 0 Å².